The lowest BCUT2D eigenvalue weighted by molar-refractivity contribution is -0.128. The van der Waals surface area contributed by atoms with Crippen LogP contribution in [0.5, 0.6) is 11.5 Å². The lowest BCUT2D eigenvalue weighted by Crippen LogP contribution is -2.38. The molecule has 4 rings (SSSR count). The summed E-state index contributed by atoms with van der Waals surface area (Å²) in [6.45, 7) is 3.45. The molecule has 1 N–H and O–H groups in total. The third-order valence-corrected chi connectivity index (χ3v) is 4.87. The summed E-state index contributed by atoms with van der Waals surface area (Å²) in [7, 11) is 1.54. The summed E-state index contributed by atoms with van der Waals surface area (Å²) in [4.78, 5) is 21.5. The van der Waals surface area contributed by atoms with Crippen LogP contribution < -0.4 is 14.8 Å². The van der Waals surface area contributed by atoms with Crippen LogP contribution in [-0.4, -0.2) is 38.7 Å². The Hall–Kier alpha value is -4.01. The predicted molar refractivity (Wildman–Crippen MR) is 116 cm³/mol. The van der Waals surface area contributed by atoms with Crippen molar-refractivity contribution in [3.05, 3.63) is 72.6 Å². The van der Waals surface area contributed by atoms with Gasteiger partial charge in [-0.15, -0.1) is 5.10 Å². The van der Waals surface area contributed by atoms with E-state index >= 15 is 0 Å². The van der Waals surface area contributed by atoms with Crippen LogP contribution in [0.4, 0.5) is 4.39 Å². The molecule has 0 bridgehead atoms. The number of fused-ring (bicyclic) bond motifs is 1. The number of methoxy groups -OCH3 is 1. The van der Waals surface area contributed by atoms with Gasteiger partial charge in [0.2, 0.25) is 0 Å². The Balaban J connectivity index is 1.46. The van der Waals surface area contributed by atoms with Crippen LogP contribution in [0.3, 0.4) is 0 Å². The van der Waals surface area contributed by atoms with Gasteiger partial charge in [-0.25, -0.2) is 18.9 Å². The summed E-state index contributed by atoms with van der Waals surface area (Å²) in [6, 6.07) is 14.5. The third-order valence-electron chi connectivity index (χ3n) is 4.87. The Kier molecular flexibility index (Phi) is 5.98. The minimum Gasteiger partial charge on any atom is -0.493 e. The van der Waals surface area contributed by atoms with Gasteiger partial charge >= 0.3 is 0 Å². The highest BCUT2D eigenvalue weighted by molar-refractivity contribution is 5.81. The molecular formula is C23H22FN5O3. The number of hydrogen-bond donors (Lipinski definition) is 1. The number of halogens is 1. The molecule has 2 atom stereocenters. The van der Waals surface area contributed by atoms with Crippen molar-refractivity contribution in [3.8, 4) is 22.8 Å². The zero-order chi connectivity index (χ0) is 22.7. The fourth-order valence-corrected chi connectivity index (χ4v) is 3.13. The second-order valence-electron chi connectivity index (χ2n) is 7.20. The van der Waals surface area contributed by atoms with Gasteiger partial charge in [0, 0.05) is 11.6 Å². The first-order valence-electron chi connectivity index (χ1n) is 10.0. The van der Waals surface area contributed by atoms with E-state index in [4.69, 9.17) is 9.47 Å². The van der Waals surface area contributed by atoms with E-state index in [9.17, 15) is 9.18 Å². The molecule has 9 heteroatoms. The van der Waals surface area contributed by atoms with E-state index < -0.39 is 12.1 Å². The molecule has 4 aromatic rings. The first-order chi connectivity index (χ1) is 15.4. The second kappa shape index (κ2) is 9.01. The molecule has 0 unspecified atom stereocenters. The molecule has 0 aliphatic heterocycles. The van der Waals surface area contributed by atoms with E-state index in [1.165, 1.54) is 23.0 Å². The first-order valence-corrected chi connectivity index (χ1v) is 10.0. The molecule has 164 valence electrons. The fraction of sp³-hybridized carbons (Fsp3) is 0.217. The highest BCUT2D eigenvalue weighted by Gasteiger charge is 2.21. The van der Waals surface area contributed by atoms with Crippen LogP contribution in [0.1, 0.15) is 25.7 Å². The molecule has 1 amide bonds. The van der Waals surface area contributed by atoms with Crippen molar-refractivity contribution in [2.24, 2.45) is 0 Å². The molecule has 0 spiro atoms. The number of nitrogens with zero attached hydrogens (tertiary/aromatic N) is 4. The Bertz CT molecular complexity index is 1240. The van der Waals surface area contributed by atoms with Gasteiger partial charge in [-0.1, -0.05) is 12.1 Å². The summed E-state index contributed by atoms with van der Waals surface area (Å²) in [6.07, 6.45) is 0.782. The Labute approximate surface area is 184 Å². The smallest absolute Gasteiger partial charge is 0.261 e. The Morgan fingerprint density at radius 2 is 1.81 bits per heavy atom. The molecule has 8 nitrogen and oxygen atoms in total. The van der Waals surface area contributed by atoms with Gasteiger partial charge in [0.1, 0.15) is 12.1 Å². The van der Waals surface area contributed by atoms with Gasteiger partial charge in [-0.2, -0.15) is 0 Å². The van der Waals surface area contributed by atoms with Crippen molar-refractivity contribution in [2.45, 2.75) is 26.0 Å². The average molecular weight is 435 g/mol. The van der Waals surface area contributed by atoms with Gasteiger partial charge < -0.3 is 14.8 Å². The number of ether oxygens (including phenoxy) is 2. The van der Waals surface area contributed by atoms with Crippen molar-refractivity contribution < 1.29 is 18.7 Å². The van der Waals surface area contributed by atoms with Crippen molar-refractivity contribution in [3.63, 3.8) is 0 Å². The lowest BCUT2D eigenvalue weighted by Gasteiger charge is -2.18. The third kappa shape index (κ3) is 4.51. The van der Waals surface area contributed by atoms with Crippen LogP contribution in [-0.2, 0) is 4.79 Å². The summed E-state index contributed by atoms with van der Waals surface area (Å²) < 4.78 is 25.7. The maximum absolute atomic E-state index is 13.2. The molecule has 0 radical (unpaired) electrons. The minimum absolute atomic E-state index is 0.312. The Morgan fingerprint density at radius 1 is 1.09 bits per heavy atom. The lowest BCUT2D eigenvalue weighted by atomic mass is 10.1. The minimum atomic E-state index is -0.752. The standard InChI is InChI=1S/C23H22FN5O3/c1-14(26-23(30)15(2)32-20-7-5-4-6-19(20)31-3)22-27-21-12-18(25-13-29(21)28-22)16-8-10-17(24)11-9-16/h4-15H,1-3H3,(H,26,30)/t14-,15+/m0/s1. The maximum atomic E-state index is 13.2. The maximum Gasteiger partial charge on any atom is 0.261 e. The Morgan fingerprint density at radius 3 is 2.53 bits per heavy atom. The van der Waals surface area contributed by atoms with Crippen LogP contribution in [0.15, 0.2) is 60.9 Å². The SMILES string of the molecule is COc1ccccc1O[C@H](C)C(=O)N[C@@H](C)c1nc2cc(-c3ccc(F)cc3)ncn2n1. The van der Waals surface area contributed by atoms with Gasteiger partial charge in [0.15, 0.2) is 29.1 Å². The van der Waals surface area contributed by atoms with Crippen molar-refractivity contribution >= 4 is 11.6 Å². The zero-order valence-corrected chi connectivity index (χ0v) is 17.8. The number of amides is 1. The molecule has 0 saturated carbocycles. The molecule has 2 aromatic heterocycles. The topological polar surface area (TPSA) is 90.6 Å². The van der Waals surface area contributed by atoms with Crippen molar-refractivity contribution in [1.82, 2.24) is 24.9 Å². The zero-order valence-electron chi connectivity index (χ0n) is 17.8. The number of carbonyl (C=O) groups excluding carboxylic acids is 1. The normalized spacial score (nSPS) is 12.9. The highest BCUT2D eigenvalue weighted by atomic mass is 19.1. The van der Waals surface area contributed by atoms with Crippen molar-refractivity contribution in [2.75, 3.05) is 7.11 Å². The number of carbonyl (C=O) groups is 1. The van der Waals surface area contributed by atoms with Gasteiger partial charge in [0.25, 0.3) is 5.91 Å². The average Bonchev–Trinajstić information content (AvgIpc) is 3.23. The number of rotatable bonds is 7. The quantitative estimate of drug-likeness (QED) is 0.477. The predicted octanol–water partition coefficient (Wildman–Crippen LogP) is 3.58. The number of aromatic nitrogens is 4. The van der Waals surface area contributed by atoms with E-state index in [1.54, 1.807) is 57.4 Å². The largest absolute Gasteiger partial charge is 0.493 e. The van der Waals surface area contributed by atoms with Crippen LogP contribution in [0.25, 0.3) is 16.9 Å². The molecule has 2 aromatic carbocycles. The number of hydrogen-bond acceptors (Lipinski definition) is 6. The van der Waals surface area contributed by atoms with E-state index in [-0.39, 0.29) is 11.7 Å². The van der Waals surface area contributed by atoms with Crippen LogP contribution in [0.2, 0.25) is 0 Å². The van der Waals surface area contributed by atoms with E-state index in [0.717, 1.165) is 5.56 Å². The van der Waals surface area contributed by atoms with Crippen molar-refractivity contribution in [1.29, 1.82) is 0 Å². The van der Waals surface area contributed by atoms with E-state index in [0.29, 0.717) is 28.7 Å². The molecule has 0 fully saturated rings. The molecule has 0 aliphatic rings. The number of benzene rings is 2. The van der Waals surface area contributed by atoms with E-state index in [1.807, 2.05) is 6.07 Å². The molecule has 2 heterocycles. The number of para-hydroxylation sites is 2. The fourth-order valence-electron chi connectivity index (χ4n) is 3.13. The monoisotopic (exact) mass is 435 g/mol. The number of nitrogens with one attached hydrogen (secondary N) is 1. The summed E-state index contributed by atoms with van der Waals surface area (Å²) in [5.41, 5.74) is 1.97. The second-order valence-corrected chi connectivity index (χ2v) is 7.20. The summed E-state index contributed by atoms with van der Waals surface area (Å²) in [5.74, 6) is 0.837. The van der Waals surface area contributed by atoms with Gasteiger partial charge in [0.05, 0.1) is 18.8 Å². The summed E-state index contributed by atoms with van der Waals surface area (Å²) in [5, 5.41) is 7.25. The van der Waals surface area contributed by atoms with Gasteiger partial charge in [-0.05, 0) is 50.2 Å². The molecule has 0 aliphatic carbocycles. The van der Waals surface area contributed by atoms with E-state index in [2.05, 4.69) is 20.4 Å². The van der Waals surface area contributed by atoms with Gasteiger partial charge in [-0.3, -0.25) is 4.79 Å². The van der Waals surface area contributed by atoms with Crippen LogP contribution >= 0.6 is 0 Å². The molecule has 32 heavy (non-hydrogen) atoms. The first kappa shape index (κ1) is 21.2. The molecule has 0 saturated heterocycles. The summed E-state index contributed by atoms with van der Waals surface area (Å²) >= 11 is 0. The molecular weight excluding hydrogens is 413 g/mol. The highest BCUT2D eigenvalue weighted by Crippen LogP contribution is 2.27. The van der Waals surface area contributed by atoms with Crippen LogP contribution in [0, 0.1) is 5.82 Å².